The van der Waals surface area contributed by atoms with Gasteiger partial charge in [0.2, 0.25) is 0 Å². The Morgan fingerprint density at radius 3 is 2.87 bits per heavy atom. The molecule has 1 unspecified atom stereocenters. The minimum atomic E-state index is -3.77. The van der Waals surface area contributed by atoms with Crippen LogP contribution in [0.5, 0.6) is 0 Å². The van der Waals surface area contributed by atoms with Crippen LogP contribution in [-0.4, -0.2) is 49.9 Å². The summed E-state index contributed by atoms with van der Waals surface area (Å²) in [6.45, 7) is 2.44. The zero-order valence-electron chi connectivity index (χ0n) is 16.8. The first kappa shape index (κ1) is 21.8. The van der Waals surface area contributed by atoms with Crippen LogP contribution >= 0.6 is 23.1 Å². The van der Waals surface area contributed by atoms with Crippen LogP contribution in [0.1, 0.15) is 19.0 Å². The van der Waals surface area contributed by atoms with E-state index in [1.807, 2.05) is 0 Å². The molecule has 0 radical (unpaired) electrons. The van der Waals surface area contributed by atoms with Crippen LogP contribution in [0.15, 0.2) is 44.9 Å². The van der Waals surface area contributed by atoms with E-state index in [1.54, 1.807) is 36.6 Å². The van der Waals surface area contributed by atoms with E-state index in [0.717, 1.165) is 15.6 Å². The van der Waals surface area contributed by atoms with Crippen LogP contribution < -0.4 is 4.31 Å². The Balaban J connectivity index is 1.65. The summed E-state index contributed by atoms with van der Waals surface area (Å²) in [5.41, 5.74) is 0.901. The van der Waals surface area contributed by atoms with Gasteiger partial charge in [0.15, 0.2) is 5.82 Å². The maximum atomic E-state index is 15.2. The van der Waals surface area contributed by atoms with Crippen molar-refractivity contribution in [3.8, 4) is 0 Å². The monoisotopic (exact) mass is 481 g/mol. The summed E-state index contributed by atoms with van der Waals surface area (Å²) in [6, 6.07) is 8.04. The molecule has 3 heterocycles. The van der Waals surface area contributed by atoms with Gasteiger partial charge < -0.3 is 9.72 Å². The third kappa shape index (κ3) is 4.09. The molecule has 1 aliphatic rings. The molecule has 31 heavy (non-hydrogen) atoms. The van der Waals surface area contributed by atoms with Crippen LogP contribution in [0.25, 0.3) is 10.9 Å². The summed E-state index contributed by atoms with van der Waals surface area (Å²) < 4.78 is 47.4. The smallest absolute Gasteiger partial charge is 0.306 e. The molecule has 2 aromatic heterocycles. The normalized spacial score (nSPS) is 16.5. The van der Waals surface area contributed by atoms with Crippen molar-refractivity contribution in [2.45, 2.75) is 22.8 Å². The molecule has 0 bridgehead atoms. The molecule has 7 nitrogen and oxygen atoms in total. The second-order valence-corrected chi connectivity index (χ2v) is 11.2. The minimum absolute atomic E-state index is 0.124. The Kier molecular flexibility index (Phi) is 6.09. The number of ether oxygens (including phenoxy) is 1. The minimum Gasteiger partial charge on any atom is -0.466 e. The molecule has 0 fully saturated rings. The van der Waals surface area contributed by atoms with Gasteiger partial charge >= 0.3 is 5.97 Å². The molecule has 0 saturated carbocycles. The number of H-pyrrole nitrogens is 1. The van der Waals surface area contributed by atoms with Gasteiger partial charge in [-0.2, -0.15) is 0 Å². The molecular formula is C20H20FN3O4S3. The average Bonchev–Trinajstić information content (AvgIpc) is 3.48. The highest BCUT2D eigenvalue weighted by Gasteiger charge is 2.29. The summed E-state index contributed by atoms with van der Waals surface area (Å²) in [7, 11) is -2.32. The van der Waals surface area contributed by atoms with Crippen LogP contribution in [-0.2, 0) is 19.6 Å². The second kappa shape index (κ2) is 8.64. The van der Waals surface area contributed by atoms with E-state index in [1.165, 1.54) is 24.9 Å². The zero-order chi connectivity index (χ0) is 22.2. The summed E-state index contributed by atoms with van der Waals surface area (Å²) in [5.74, 6) is -0.807. The Labute approximate surface area is 187 Å². The van der Waals surface area contributed by atoms with Crippen molar-refractivity contribution in [1.29, 1.82) is 0 Å². The number of aromatic amines is 1. The predicted octanol–water partition coefficient (Wildman–Crippen LogP) is 4.01. The number of aliphatic imine (C=N–C) groups is 1. The number of anilines is 1. The van der Waals surface area contributed by atoms with Gasteiger partial charge in [-0.3, -0.25) is 14.1 Å². The number of nitrogens with one attached hydrogen (secondary N) is 1. The highest BCUT2D eigenvalue weighted by Crippen LogP contribution is 2.36. The van der Waals surface area contributed by atoms with E-state index >= 15 is 4.39 Å². The van der Waals surface area contributed by atoms with Crippen molar-refractivity contribution < 1.29 is 22.3 Å². The maximum Gasteiger partial charge on any atom is 0.306 e. The van der Waals surface area contributed by atoms with Gasteiger partial charge in [0.1, 0.15) is 14.9 Å². The van der Waals surface area contributed by atoms with Gasteiger partial charge in [-0.25, -0.2) is 12.8 Å². The van der Waals surface area contributed by atoms with Gasteiger partial charge in [-0.05, 0) is 30.5 Å². The van der Waals surface area contributed by atoms with Gasteiger partial charge in [-0.1, -0.05) is 23.9 Å². The first-order valence-electron chi connectivity index (χ1n) is 9.52. The topological polar surface area (TPSA) is 91.8 Å². The number of carbonyl (C=O) groups excluding carboxylic acids is 1. The molecule has 0 saturated heterocycles. The fraction of sp³-hybridized carbons (Fsp3) is 0.300. The van der Waals surface area contributed by atoms with Gasteiger partial charge in [0.25, 0.3) is 10.0 Å². The number of aromatic nitrogens is 1. The van der Waals surface area contributed by atoms with Crippen LogP contribution in [0.2, 0.25) is 0 Å². The second-order valence-electron chi connectivity index (χ2n) is 6.81. The summed E-state index contributed by atoms with van der Waals surface area (Å²) in [6.07, 6.45) is 0.195. The lowest BCUT2D eigenvalue weighted by Gasteiger charge is -2.19. The Morgan fingerprint density at radius 1 is 1.35 bits per heavy atom. The summed E-state index contributed by atoms with van der Waals surface area (Å²) >= 11 is 2.43. The van der Waals surface area contributed by atoms with Crippen LogP contribution in [0.3, 0.4) is 0 Å². The summed E-state index contributed by atoms with van der Waals surface area (Å²) in [4.78, 5) is 19.1. The number of sulfonamides is 1. The fourth-order valence-electron chi connectivity index (χ4n) is 3.32. The molecule has 11 heteroatoms. The quantitative estimate of drug-likeness (QED) is 0.515. The SMILES string of the molecule is CCOC(=O)CC1CN=C(c2[nH]c3c(N(C)S(=O)(=O)c4cccs4)cccc3c2F)S1. The number of halogens is 1. The molecule has 1 atom stereocenters. The average molecular weight is 482 g/mol. The molecule has 4 rings (SSSR count). The standard InChI is InChI=1S/C20H20FN3O4S3/c1-3-28-15(25)10-12-11-22-20(30-12)19-17(21)13-6-4-7-14(18(13)23-19)24(2)31(26,27)16-8-5-9-29-16/h4-9,12,23H,3,10-11H2,1-2H3. The number of nitrogens with zero attached hydrogens (tertiary/aromatic N) is 2. The number of thiophene rings is 1. The number of hydrogen-bond donors (Lipinski definition) is 1. The molecule has 1 aliphatic heterocycles. The van der Waals surface area contributed by atoms with Gasteiger partial charge in [0, 0.05) is 17.7 Å². The van der Waals surface area contributed by atoms with Crippen molar-refractivity contribution in [2.24, 2.45) is 4.99 Å². The highest BCUT2D eigenvalue weighted by molar-refractivity contribution is 8.15. The first-order valence-corrected chi connectivity index (χ1v) is 12.7. The number of fused-ring (bicyclic) bond motifs is 1. The van der Waals surface area contributed by atoms with E-state index in [2.05, 4.69) is 9.98 Å². The number of benzene rings is 1. The van der Waals surface area contributed by atoms with E-state index < -0.39 is 15.8 Å². The van der Waals surface area contributed by atoms with E-state index in [0.29, 0.717) is 29.4 Å². The fourth-order valence-corrected chi connectivity index (χ4v) is 6.78. The number of hydrogen-bond acceptors (Lipinski definition) is 7. The van der Waals surface area contributed by atoms with E-state index in [4.69, 9.17) is 4.74 Å². The van der Waals surface area contributed by atoms with E-state index in [-0.39, 0.29) is 32.9 Å². The molecule has 3 aromatic rings. The van der Waals surface area contributed by atoms with Crippen molar-refractivity contribution in [3.63, 3.8) is 0 Å². The molecular weight excluding hydrogens is 461 g/mol. The molecule has 164 valence electrons. The third-order valence-electron chi connectivity index (χ3n) is 4.83. The predicted molar refractivity (Wildman–Crippen MR) is 122 cm³/mol. The van der Waals surface area contributed by atoms with Gasteiger partial charge in [0.05, 0.1) is 30.8 Å². The number of rotatable bonds is 7. The van der Waals surface area contributed by atoms with Crippen LogP contribution in [0, 0.1) is 5.82 Å². The number of thioether (sulfide) groups is 1. The first-order chi connectivity index (χ1) is 14.8. The maximum absolute atomic E-state index is 15.2. The lowest BCUT2D eigenvalue weighted by Crippen LogP contribution is -2.26. The Hall–Kier alpha value is -2.37. The summed E-state index contributed by atoms with van der Waals surface area (Å²) in [5, 5.41) is 2.30. The Bertz CT molecular complexity index is 1250. The molecule has 1 aromatic carbocycles. The molecule has 0 amide bonds. The lowest BCUT2D eigenvalue weighted by molar-refractivity contribution is -0.143. The van der Waals surface area contributed by atoms with Crippen molar-refractivity contribution in [3.05, 3.63) is 47.2 Å². The third-order valence-corrected chi connectivity index (χ3v) is 9.18. The van der Waals surface area contributed by atoms with Crippen molar-refractivity contribution >= 4 is 60.7 Å². The van der Waals surface area contributed by atoms with Crippen molar-refractivity contribution in [1.82, 2.24) is 4.98 Å². The molecule has 1 N–H and O–H groups in total. The number of carbonyl (C=O) groups is 1. The molecule has 0 aliphatic carbocycles. The van der Waals surface area contributed by atoms with Crippen LogP contribution in [0.4, 0.5) is 10.1 Å². The number of para-hydroxylation sites is 1. The highest BCUT2D eigenvalue weighted by atomic mass is 32.2. The Morgan fingerprint density at radius 2 is 2.16 bits per heavy atom. The zero-order valence-corrected chi connectivity index (χ0v) is 19.2. The lowest BCUT2D eigenvalue weighted by atomic mass is 10.2. The van der Waals surface area contributed by atoms with E-state index in [9.17, 15) is 13.2 Å². The largest absolute Gasteiger partial charge is 0.466 e. The molecule has 0 spiro atoms. The van der Waals surface area contributed by atoms with Gasteiger partial charge in [-0.15, -0.1) is 11.3 Å². The van der Waals surface area contributed by atoms with Crippen molar-refractivity contribution in [2.75, 3.05) is 24.5 Å². The number of esters is 1.